The van der Waals surface area contributed by atoms with Crippen molar-refractivity contribution in [3.05, 3.63) is 35.6 Å². The molecule has 0 unspecified atom stereocenters. The summed E-state index contributed by atoms with van der Waals surface area (Å²) in [5.41, 5.74) is 1.11. The van der Waals surface area contributed by atoms with Gasteiger partial charge in [0.15, 0.2) is 5.96 Å². The topological polar surface area (TPSA) is 45.7 Å². The molecule has 0 aliphatic heterocycles. The van der Waals surface area contributed by atoms with E-state index in [0.717, 1.165) is 56.6 Å². The maximum atomic E-state index is 12.8. The molecule has 0 saturated heterocycles. The largest absolute Gasteiger partial charge is 0.381 e. The average molecular weight is 435 g/mol. The summed E-state index contributed by atoms with van der Waals surface area (Å²) in [4.78, 5) is 4.18. The number of aliphatic imine (C=N–C) groups is 1. The first kappa shape index (κ1) is 20.2. The Labute approximate surface area is 155 Å². The van der Waals surface area contributed by atoms with Crippen LogP contribution in [0, 0.1) is 11.7 Å². The van der Waals surface area contributed by atoms with E-state index >= 15 is 0 Å². The van der Waals surface area contributed by atoms with Crippen molar-refractivity contribution in [2.24, 2.45) is 10.9 Å². The molecule has 0 aromatic heterocycles. The van der Waals surface area contributed by atoms with Crippen LogP contribution in [-0.2, 0) is 11.2 Å². The van der Waals surface area contributed by atoms with Crippen LogP contribution in [0.2, 0.25) is 0 Å². The Morgan fingerprint density at radius 3 is 2.57 bits per heavy atom. The Morgan fingerprint density at radius 1 is 1.22 bits per heavy atom. The second kappa shape index (κ2) is 11.6. The highest BCUT2D eigenvalue weighted by atomic mass is 127. The molecule has 4 nitrogen and oxygen atoms in total. The zero-order valence-corrected chi connectivity index (χ0v) is 16.0. The van der Waals surface area contributed by atoms with Crippen LogP contribution in [0.15, 0.2) is 29.3 Å². The normalized spacial score (nSPS) is 14.3. The lowest BCUT2D eigenvalue weighted by Gasteiger charge is -2.12. The minimum atomic E-state index is -0.196. The van der Waals surface area contributed by atoms with Crippen molar-refractivity contribution in [3.63, 3.8) is 0 Å². The third kappa shape index (κ3) is 9.10. The molecule has 0 atom stereocenters. The second-order valence-corrected chi connectivity index (χ2v) is 5.67. The second-order valence-electron chi connectivity index (χ2n) is 5.67. The first-order valence-corrected chi connectivity index (χ1v) is 8.04. The number of rotatable bonds is 9. The summed E-state index contributed by atoms with van der Waals surface area (Å²) in [5, 5.41) is 6.52. The number of nitrogens with zero attached hydrogens (tertiary/aromatic N) is 1. The molecule has 0 bridgehead atoms. The molecule has 0 heterocycles. The standard InChI is InChI=1S/C17H26FN3O.HI/c1-19-17(20-10-2-12-22-13-15-3-4-15)21-11-9-14-5-7-16(18)8-6-14;/h5-8,15H,2-4,9-13H2,1H3,(H2,19,20,21);1H. The number of halogens is 2. The molecule has 2 N–H and O–H groups in total. The predicted octanol–water partition coefficient (Wildman–Crippen LogP) is 2.97. The van der Waals surface area contributed by atoms with Gasteiger partial charge in [-0.15, -0.1) is 24.0 Å². The van der Waals surface area contributed by atoms with Gasteiger partial charge in [-0.3, -0.25) is 4.99 Å². The summed E-state index contributed by atoms with van der Waals surface area (Å²) in [7, 11) is 1.76. The molecule has 0 radical (unpaired) electrons. The molecular weight excluding hydrogens is 408 g/mol. The Balaban J connectivity index is 0.00000264. The van der Waals surface area contributed by atoms with E-state index < -0.39 is 0 Å². The Morgan fingerprint density at radius 2 is 1.91 bits per heavy atom. The molecule has 1 saturated carbocycles. The monoisotopic (exact) mass is 435 g/mol. The first-order valence-electron chi connectivity index (χ1n) is 8.04. The SMILES string of the molecule is CN=C(NCCCOCC1CC1)NCCc1ccc(F)cc1.I. The maximum Gasteiger partial charge on any atom is 0.190 e. The number of guanidine groups is 1. The van der Waals surface area contributed by atoms with Crippen molar-refractivity contribution < 1.29 is 9.13 Å². The van der Waals surface area contributed by atoms with Crippen molar-refractivity contribution in [1.29, 1.82) is 0 Å². The van der Waals surface area contributed by atoms with Crippen molar-refractivity contribution in [2.75, 3.05) is 33.4 Å². The summed E-state index contributed by atoms with van der Waals surface area (Å²) >= 11 is 0. The van der Waals surface area contributed by atoms with Crippen LogP contribution >= 0.6 is 24.0 Å². The highest BCUT2D eigenvalue weighted by Crippen LogP contribution is 2.28. The van der Waals surface area contributed by atoms with Crippen LogP contribution < -0.4 is 10.6 Å². The molecule has 1 aromatic rings. The molecule has 2 rings (SSSR count). The third-order valence-electron chi connectivity index (χ3n) is 3.65. The van der Waals surface area contributed by atoms with Gasteiger partial charge in [0, 0.05) is 33.4 Å². The number of hydrogen-bond acceptors (Lipinski definition) is 2. The van der Waals surface area contributed by atoms with Gasteiger partial charge >= 0.3 is 0 Å². The smallest absolute Gasteiger partial charge is 0.190 e. The summed E-state index contributed by atoms with van der Waals surface area (Å²) in [6, 6.07) is 6.60. The van der Waals surface area contributed by atoms with Gasteiger partial charge in [-0.2, -0.15) is 0 Å². The van der Waals surface area contributed by atoms with E-state index in [1.165, 1.54) is 25.0 Å². The van der Waals surface area contributed by atoms with Crippen LogP contribution in [0.3, 0.4) is 0 Å². The highest BCUT2D eigenvalue weighted by Gasteiger charge is 2.20. The molecule has 1 aliphatic carbocycles. The van der Waals surface area contributed by atoms with E-state index in [4.69, 9.17) is 4.74 Å². The van der Waals surface area contributed by atoms with Crippen molar-refractivity contribution >= 4 is 29.9 Å². The van der Waals surface area contributed by atoms with Crippen LogP contribution in [0.5, 0.6) is 0 Å². The van der Waals surface area contributed by atoms with Crippen LogP contribution in [-0.4, -0.2) is 39.3 Å². The summed E-state index contributed by atoms with van der Waals surface area (Å²) in [6.45, 7) is 3.34. The Kier molecular flexibility index (Phi) is 10.2. The average Bonchev–Trinajstić information content (AvgIpc) is 3.35. The van der Waals surface area contributed by atoms with Gasteiger partial charge in [0.25, 0.3) is 0 Å². The summed E-state index contributed by atoms with van der Waals surface area (Å²) in [6.07, 6.45) is 4.49. The molecule has 1 aromatic carbocycles. The van der Waals surface area contributed by atoms with Gasteiger partial charge in [-0.1, -0.05) is 12.1 Å². The van der Waals surface area contributed by atoms with Crippen molar-refractivity contribution in [3.8, 4) is 0 Å². The molecule has 1 fully saturated rings. The van der Waals surface area contributed by atoms with Gasteiger partial charge in [0.1, 0.15) is 5.82 Å². The van der Waals surface area contributed by atoms with E-state index in [1.54, 1.807) is 7.05 Å². The van der Waals surface area contributed by atoms with E-state index in [-0.39, 0.29) is 29.8 Å². The molecular formula is C17H27FIN3O. The zero-order valence-electron chi connectivity index (χ0n) is 13.7. The Hall–Kier alpha value is -0.890. The molecule has 6 heteroatoms. The fourth-order valence-electron chi connectivity index (χ4n) is 2.11. The lowest BCUT2D eigenvalue weighted by atomic mass is 10.1. The number of nitrogens with one attached hydrogen (secondary N) is 2. The molecule has 130 valence electrons. The third-order valence-corrected chi connectivity index (χ3v) is 3.65. The van der Waals surface area contributed by atoms with Crippen LogP contribution in [0.25, 0.3) is 0 Å². The van der Waals surface area contributed by atoms with Gasteiger partial charge in [-0.25, -0.2) is 4.39 Å². The highest BCUT2D eigenvalue weighted by molar-refractivity contribution is 14.0. The summed E-state index contributed by atoms with van der Waals surface area (Å²) in [5.74, 6) is 1.43. The van der Waals surface area contributed by atoms with Crippen LogP contribution in [0.4, 0.5) is 4.39 Å². The maximum absolute atomic E-state index is 12.8. The van der Waals surface area contributed by atoms with Gasteiger partial charge in [0.05, 0.1) is 0 Å². The van der Waals surface area contributed by atoms with E-state index in [1.807, 2.05) is 12.1 Å². The van der Waals surface area contributed by atoms with Crippen molar-refractivity contribution in [1.82, 2.24) is 10.6 Å². The molecule has 0 amide bonds. The quantitative estimate of drug-likeness (QED) is 0.272. The minimum Gasteiger partial charge on any atom is -0.381 e. The van der Waals surface area contributed by atoms with Gasteiger partial charge < -0.3 is 15.4 Å². The number of benzene rings is 1. The lowest BCUT2D eigenvalue weighted by molar-refractivity contribution is 0.123. The number of ether oxygens (including phenoxy) is 1. The molecule has 1 aliphatic rings. The minimum absolute atomic E-state index is 0. The van der Waals surface area contributed by atoms with Crippen LogP contribution in [0.1, 0.15) is 24.8 Å². The van der Waals surface area contributed by atoms with E-state index in [0.29, 0.717) is 0 Å². The first-order chi connectivity index (χ1) is 10.8. The van der Waals surface area contributed by atoms with E-state index in [9.17, 15) is 4.39 Å². The fourth-order valence-corrected chi connectivity index (χ4v) is 2.11. The lowest BCUT2D eigenvalue weighted by Crippen LogP contribution is -2.39. The molecule has 0 spiro atoms. The summed E-state index contributed by atoms with van der Waals surface area (Å²) < 4.78 is 18.4. The number of hydrogen-bond donors (Lipinski definition) is 2. The zero-order chi connectivity index (χ0) is 15.6. The fraction of sp³-hybridized carbons (Fsp3) is 0.588. The van der Waals surface area contributed by atoms with Gasteiger partial charge in [0.2, 0.25) is 0 Å². The molecule has 23 heavy (non-hydrogen) atoms. The van der Waals surface area contributed by atoms with Crippen molar-refractivity contribution in [2.45, 2.75) is 25.7 Å². The van der Waals surface area contributed by atoms with E-state index in [2.05, 4.69) is 15.6 Å². The van der Waals surface area contributed by atoms with Gasteiger partial charge in [-0.05, 0) is 49.3 Å². The predicted molar refractivity (Wildman–Crippen MR) is 103 cm³/mol. The Bertz CT molecular complexity index is 463.